The molecule has 1 heterocycles. The summed E-state index contributed by atoms with van der Waals surface area (Å²) in [7, 11) is 1.68. The van der Waals surface area contributed by atoms with Crippen LogP contribution >= 0.6 is 11.8 Å². The van der Waals surface area contributed by atoms with Gasteiger partial charge >= 0.3 is 0 Å². The zero-order valence-corrected chi connectivity index (χ0v) is 13.4. The van der Waals surface area contributed by atoms with Gasteiger partial charge < -0.3 is 4.74 Å². The van der Waals surface area contributed by atoms with E-state index < -0.39 is 0 Å². The van der Waals surface area contributed by atoms with Crippen LogP contribution in [0.4, 0.5) is 0 Å². The Balaban J connectivity index is 1.67. The Morgan fingerprint density at radius 3 is 2.73 bits per heavy atom. The Morgan fingerprint density at radius 2 is 1.95 bits per heavy atom. The fourth-order valence-electron chi connectivity index (χ4n) is 2.06. The molecule has 0 spiro atoms. The Bertz CT molecular complexity index is 753. The Hall–Kier alpha value is -2.27. The zero-order chi connectivity index (χ0) is 15.4. The van der Waals surface area contributed by atoms with Crippen LogP contribution in [0.5, 0.6) is 5.75 Å². The molecule has 5 heteroatoms. The fourth-order valence-corrected chi connectivity index (χ4v) is 2.80. The normalized spacial score (nSPS) is 10.6. The highest BCUT2D eigenvalue weighted by atomic mass is 32.2. The summed E-state index contributed by atoms with van der Waals surface area (Å²) >= 11 is 1.60. The molecule has 2 aromatic carbocycles. The second-order valence-corrected chi connectivity index (χ2v) is 5.92. The number of nitrogens with one attached hydrogen (secondary N) is 1. The highest BCUT2D eigenvalue weighted by molar-refractivity contribution is 7.98. The third-order valence-electron chi connectivity index (χ3n) is 3.29. The smallest absolute Gasteiger partial charge is 0.209 e. The number of nitrogens with zero attached hydrogens (tertiary/aromatic N) is 2. The quantitative estimate of drug-likeness (QED) is 0.721. The maximum Gasteiger partial charge on any atom is 0.209 e. The molecule has 112 valence electrons. The van der Waals surface area contributed by atoms with Crippen LogP contribution in [0.2, 0.25) is 0 Å². The summed E-state index contributed by atoms with van der Waals surface area (Å²) in [5.74, 6) is 2.48. The van der Waals surface area contributed by atoms with Crippen molar-refractivity contribution in [3.8, 4) is 17.1 Å². The molecule has 3 rings (SSSR count). The van der Waals surface area contributed by atoms with Crippen molar-refractivity contribution in [3.63, 3.8) is 0 Å². The summed E-state index contributed by atoms with van der Waals surface area (Å²) in [5, 5.41) is 8.01. The molecule has 0 amide bonds. The van der Waals surface area contributed by atoms with Crippen LogP contribution in [0.3, 0.4) is 0 Å². The van der Waals surface area contributed by atoms with Crippen LogP contribution in [-0.4, -0.2) is 22.3 Å². The molecule has 22 heavy (non-hydrogen) atoms. The lowest BCUT2D eigenvalue weighted by Gasteiger charge is -2.02. The van der Waals surface area contributed by atoms with Crippen LogP contribution in [0.15, 0.2) is 53.7 Å². The predicted molar refractivity (Wildman–Crippen MR) is 89.1 cm³/mol. The summed E-state index contributed by atoms with van der Waals surface area (Å²) in [6, 6.07) is 16.3. The van der Waals surface area contributed by atoms with E-state index in [0.717, 1.165) is 28.0 Å². The van der Waals surface area contributed by atoms with Crippen molar-refractivity contribution in [1.29, 1.82) is 0 Å². The van der Waals surface area contributed by atoms with Crippen LogP contribution < -0.4 is 4.74 Å². The van der Waals surface area contributed by atoms with Gasteiger partial charge in [-0.15, -0.1) is 5.10 Å². The molecule has 0 unspecified atom stereocenters. The lowest BCUT2D eigenvalue weighted by Crippen LogP contribution is -1.86. The van der Waals surface area contributed by atoms with Crippen molar-refractivity contribution in [1.82, 2.24) is 15.2 Å². The van der Waals surface area contributed by atoms with Crippen molar-refractivity contribution in [2.45, 2.75) is 17.8 Å². The van der Waals surface area contributed by atoms with Crippen LogP contribution in [0.25, 0.3) is 11.4 Å². The average molecular weight is 311 g/mol. The minimum absolute atomic E-state index is 0.749. The van der Waals surface area contributed by atoms with Crippen molar-refractivity contribution in [3.05, 3.63) is 59.7 Å². The molecule has 0 radical (unpaired) electrons. The molecular formula is C17H17N3OS. The third-order valence-corrected chi connectivity index (χ3v) is 4.21. The number of ether oxygens (including phenoxy) is 1. The van der Waals surface area contributed by atoms with Gasteiger partial charge in [-0.2, -0.15) is 0 Å². The summed E-state index contributed by atoms with van der Waals surface area (Å²) in [5.41, 5.74) is 3.47. The molecule has 0 fully saturated rings. The van der Waals surface area contributed by atoms with Crippen molar-refractivity contribution in [2.75, 3.05) is 7.11 Å². The van der Waals surface area contributed by atoms with Gasteiger partial charge in [0.05, 0.1) is 7.11 Å². The van der Waals surface area contributed by atoms with E-state index in [2.05, 4.69) is 40.3 Å². The number of thioether (sulfide) groups is 1. The number of benzene rings is 2. The first-order valence-electron chi connectivity index (χ1n) is 7.00. The number of hydrogen-bond donors (Lipinski definition) is 1. The van der Waals surface area contributed by atoms with Gasteiger partial charge in [0.15, 0.2) is 5.82 Å². The molecule has 1 aromatic heterocycles. The van der Waals surface area contributed by atoms with E-state index >= 15 is 0 Å². The van der Waals surface area contributed by atoms with Gasteiger partial charge in [-0.05, 0) is 24.6 Å². The Morgan fingerprint density at radius 1 is 1.14 bits per heavy atom. The standard InChI is InChI=1S/C17H17N3OS/c1-12-6-8-14(9-7-12)16-18-17(20-19-16)22-11-13-4-3-5-15(10-13)21-2/h3-10H,11H2,1-2H3,(H,18,19,20). The summed E-state index contributed by atoms with van der Waals surface area (Å²) < 4.78 is 5.23. The first-order valence-corrected chi connectivity index (χ1v) is 7.98. The third kappa shape index (κ3) is 3.49. The molecule has 0 atom stereocenters. The maximum absolute atomic E-state index is 5.23. The molecule has 0 saturated carbocycles. The fraction of sp³-hybridized carbons (Fsp3) is 0.176. The monoisotopic (exact) mass is 311 g/mol. The van der Waals surface area contributed by atoms with Crippen molar-refractivity contribution >= 4 is 11.8 Å². The zero-order valence-electron chi connectivity index (χ0n) is 12.5. The number of methoxy groups -OCH3 is 1. The van der Waals surface area contributed by atoms with Gasteiger partial charge in [0, 0.05) is 11.3 Å². The Labute approximate surface area is 133 Å². The van der Waals surface area contributed by atoms with Crippen LogP contribution in [0, 0.1) is 6.92 Å². The van der Waals surface area contributed by atoms with E-state index in [-0.39, 0.29) is 0 Å². The van der Waals surface area contributed by atoms with Gasteiger partial charge in [0.25, 0.3) is 0 Å². The van der Waals surface area contributed by atoms with E-state index in [1.807, 2.05) is 30.3 Å². The molecule has 1 N–H and O–H groups in total. The molecule has 3 aromatic rings. The number of hydrogen-bond acceptors (Lipinski definition) is 4. The topological polar surface area (TPSA) is 50.8 Å². The van der Waals surface area contributed by atoms with Crippen molar-refractivity contribution in [2.24, 2.45) is 0 Å². The minimum atomic E-state index is 0.749. The van der Waals surface area contributed by atoms with E-state index in [9.17, 15) is 0 Å². The first-order chi connectivity index (χ1) is 10.7. The van der Waals surface area contributed by atoms with Crippen LogP contribution in [-0.2, 0) is 5.75 Å². The van der Waals surface area contributed by atoms with E-state index in [1.165, 1.54) is 11.1 Å². The summed E-state index contributed by atoms with van der Waals surface area (Å²) in [4.78, 5) is 4.53. The minimum Gasteiger partial charge on any atom is -0.497 e. The second-order valence-electron chi connectivity index (χ2n) is 4.97. The molecule has 0 aliphatic rings. The van der Waals surface area contributed by atoms with Gasteiger partial charge in [-0.3, -0.25) is 5.10 Å². The SMILES string of the molecule is COc1cccc(CSc2n[nH]c(-c3ccc(C)cc3)n2)c1. The van der Waals surface area contributed by atoms with Crippen molar-refractivity contribution < 1.29 is 4.74 Å². The molecule has 0 bridgehead atoms. The van der Waals surface area contributed by atoms with Gasteiger partial charge in [-0.1, -0.05) is 53.7 Å². The molecule has 0 aliphatic heterocycles. The van der Waals surface area contributed by atoms with Gasteiger partial charge in [-0.25, -0.2) is 4.98 Å². The predicted octanol–water partition coefficient (Wildman–Crippen LogP) is 4.08. The summed E-state index contributed by atoms with van der Waals surface area (Å²) in [6.07, 6.45) is 0. The van der Waals surface area contributed by atoms with E-state index in [1.54, 1.807) is 18.9 Å². The largest absolute Gasteiger partial charge is 0.497 e. The first kappa shape index (κ1) is 14.7. The van der Waals surface area contributed by atoms with E-state index in [4.69, 9.17) is 4.74 Å². The maximum atomic E-state index is 5.23. The van der Waals surface area contributed by atoms with Crippen LogP contribution in [0.1, 0.15) is 11.1 Å². The lowest BCUT2D eigenvalue weighted by molar-refractivity contribution is 0.414. The molecule has 0 aliphatic carbocycles. The molecular weight excluding hydrogens is 294 g/mol. The van der Waals surface area contributed by atoms with E-state index in [0.29, 0.717) is 0 Å². The number of aryl methyl sites for hydroxylation is 1. The van der Waals surface area contributed by atoms with Gasteiger partial charge in [0.2, 0.25) is 5.16 Å². The highest BCUT2D eigenvalue weighted by Crippen LogP contribution is 2.24. The number of H-pyrrole nitrogens is 1. The average Bonchev–Trinajstić information content (AvgIpc) is 3.03. The highest BCUT2D eigenvalue weighted by Gasteiger charge is 2.06. The number of aromatic amines is 1. The molecule has 0 saturated heterocycles. The lowest BCUT2D eigenvalue weighted by atomic mass is 10.1. The second kappa shape index (κ2) is 6.66. The number of rotatable bonds is 5. The Kier molecular flexibility index (Phi) is 4.44. The summed E-state index contributed by atoms with van der Waals surface area (Å²) in [6.45, 7) is 2.07. The number of aromatic nitrogens is 3. The molecule has 4 nitrogen and oxygen atoms in total. The van der Waals surface area contributed by atoms with Gasteiger partial charge in [0.1, 0.15) is 5.75 Å².